The minimum Gasteiger partial charge on any atom is -0.314 e. The lowest BCUT2D eigenvalue weighted by Crippen LogP contribution is -2.46. The highest BCUT2D eigenvalue weighted by atomic mass is 15.2. The lowest BCUT2D eigenvalue weighted by atomic mass is 9.81. The highest BCUT2D eigenvalue weighted by molar-refractivity contribution is 4.88. The second-order valence-electron chi connectivity index (χ2n) is 7.54. The molecule has 1 N–H and O–H groups in total. The smallest absolute Gasteiger partial charge is 0.00967 e. The van der Waals surface area contributed by atoms with Crippen LogP contribution >= 0.6 is 0 Å². The van der Waals surface area contributed by atoms with E-state index in [1.807, 2.05) is 0 Å². The summed E-state index contributed by atoms with van der Waals surface area (Å²) >= 11 is 0. The molecule has 0 spiro atoms. The van der Waals surface area contributed by atoms with E-state index in [0.29, 0.717) is 0 Å². The zero-order valence-corrected chi connectivity index (χ0v) is 13.4. The van der Waals surface area contributed by atoms with Crippen molar-refractivity contribution in [2.24, 2.45) is 11.8 Å². The Hall–Kier alpha value is -0.0800. The molecule has 3 aliphatic rings. The van der Waals surface area contributed by atoms with Gasteiger partial charge in [0.1, 0.15) is 0 Å². The predicted molar refractivity (Wildman–Crippen MR) is 86.0 cm³/mol. The molecule has 116 valence electrons. The van der Waals surface area contributed by atoms with Gasteiger partial charge in [0.15, 0.2) is 0 Å². The summed E-state index contributed by atoms with van der Waals surface area (Å²) in [5.74, 6) is 2.03. The van der Waals surface area contributed by atoms with Crippen molar-refractivity contribution in [2.75, 3.05) is 19.6 Å². The molecule has 2 aliphatic heterocycles. The zero-order chi connectivity index (χ0) is 13.8. The zero-order valence-electron chi connectivity index (χ0n) is 13.4. The standard InChI is InChI=1S/C18H34N2/c1-2-4-15-6-8-17(9-7-15)20-13-10-16(11-14-20)18-5-3-12-19-18/h15-19H,2-14H2,1H3. The molecular weight excluding hydrogens is 244 g/mol. The summed E-state index contributed by atoms with van der Waals surface area (Å²) in [6, 6.07) is 1.79. The number of rotatable bonds is 4. The minimum absolute atomic E-state index is 0.859. The summed E-state index contributed by atoms with van der Waals surface area (Å²) in [6.07, 6.45) is 14.6. The van der Waals surface area contributed by atoms with Crippen LogP contribution in [0.1, 0.15) is 71.1 Å². The van der Waals surface area contributed by atoms with Crippen molar-refractivity contribution in [2.45, 2.75) is 83.2 Å². The van der Waals surface area contributed by atoms with Crippen molar-refractivity contribution in [3.63, 3.8) is 0 Å². The van der Waals surface area contributed by atoms with Gasteiger partial charge in [0.05, 0.1) is 0 Å². The third-order valence-corrected chi connectivity index (χ3v) is 6.27. The van der Waals surface area contributed by atoms with E-state index in [9.17, 15) is 0 Å². The van der Waals surface area contributed by atoms with E-state index in [2.05, 4.69) is 17.1 Å². The SMILES string of the molecule is CCCC1CCC(N2CCC(C3CCCN3)CC2)CC1. The van der Waals surface area contributed by atoms with Gasteiger partial charge >= 0.3 is 0 Å². The third-order valence-electron chi connectivity index (χ3n) is 6.27. The van der Waals surface area contributed by atoms with Crippen molar-refractivity contribution in [1.82, 2.24) is 10.2 Å². The second kappa shape index (κ2) is 7.26. The fourth-order valence-electron chi connectivity index (χ4n) is 5.01. The second-order valence-corrected chi connectivity index (χ2v) is 7.54. The molecule has 0 amide bonds. The van der Waals surface area contributed by atoms with Crippen LogP contribution in [0.25, 0.3) is 0 Å². The van der Waals surface area contributed by atoms with Gasteiger partial charge in [0.2, 0.25) is 0 Å². The number of nitrogens with zero attached hydrogens (tertiary/aromatic N) is 1. The molecule has 0 aromatic heterocycles. The number of piperidine rings is 1. The summed E-state index contributed by atoms with van der Waals surface area (Å²) in [7, 11) is 0. The number of hydrogen-bond donors (Lipinski definition) is 1. The highest BCUT2D eigenvalue weighted by Gasteiger charge is 2.32. The first-order chi connectivity index (χ1) is 9.86. The maximum atomic E-state index is 3.72. The Kier molecular flexibility index (Phi) is 5.39. The number of nitrogens with one attached hydrogen (secondary N) is 1. The summed E-state index contributed by atoms with van der Waals surface area (Å²) < 4.78 is 0. The molecule has 0 bridgehead atoms. The highest BCUT2D eigenvalue weighted by Crippen LogP contribution is 2.33. The fraction of sp³-hybridized carbons (Fsp3) is 1.00. The molecule has 1 atom stereocenters. The Morgan fingerprint density at radius 3 is 2.30 bits per heavy atom. The molecule has 3 rings (SSSR count). The summed E-state index contributed by atoms with van der Waals surface area (Å²) in [4.78, 5) is 2.84. The average molecular weight is 278 g/mol. The van der Waals surface area contributed by atoms with Crippen molar-refractivity contribution in [1.29, 1.82) is 0 Å². The molecule has 2 saturated heterocycles. The first-order valence-corrected chi connectivity index (χ1v) is 9.34. The van der Waals surface area contributed by atoms with Gasteiger partial charge in [-0.3, -0.25) is 0 Å². The molecular formula is C18H34N2. The van der Waals surface area contributed by atoms with Crippen LogP contribution in [-0.4, -0.2) is 36.6 Å². The monoisotopic (exact) mass is 278 g/mol. The van der Waals surface area contributed by atoms with Gasteiger partial charge in [-0.15, -0.1) is 0 Å². The molecule has 0 aromatic rings. The topological polar surface area (TPSA) is 15.3 Å². The van der Waals surface area contributed by atoms with Crippen LogP contribution < -0.4 is 5.32 Å². The van der Waals surface area contributed by atoms with Gasteiger partial charge in [-0.25, -0.2) is 0 Å². The van der Waals surface area contributed by atoms with E-state index in [1.54, 1.807) is 0 Å². The first-order valence-electron chi connectivity index (χ1n) is 9.34. The summed E-state index contributed by atoms with van der Waals surface area (Å²) in [5, 5.41) is 3.72. The van der Waals surface area contributed by atoms with Gasteiger partial charge in [0.25, 0.3) is 0 Å². The van der Waals surface area contributed by atoms with Crippen molar-refractivity contribution in [3.05, 3.63) is 0 Å². The molecule has 20 heavy (non-hydrogen) atoms. The van der Waals surface area contributed by atoms with Crippen molar-refractivity contribution < 1.29 is 0 Å². The third kappa shape index (κ3) is 3.57. The van der Waals surface area contributed by atoms with Crippen LogP contribution in [0.5, 0.6) is 0 Å². The Morgan fingerprint density at radius 2 is 1.70 bits per heavy atom. The lowest BCUT2D eigenvalue weighted by molar-refractivity contribution is 0.0849. The maximum Gasteiger partial charge on any atom is 0.00967 e. The van der Waals surface area contributed by atoms with Crippen LogP contribution in [0.4, 0.5) is 0 Å². The predicted octanol–water partition coefficient (Wildman–Crippen LogP) is 3.81. The molecule has 3 fully saturated rings. The van der Waals surface area contributed by atoms with Crippen molar-refractivity contribution >= 4 is 0 Å². The van der Waals surface area contributed by atoms with E-state index in [0.717, 1.165) is 23.9 Å². The Labute approximate surface area is 125 Å². The largest absolute Gasteiger partial charge is 0.314 e. The van der Waals surface area contributed by atoms with E-state index in [-0.39, 0.29) is 0 Å². The number of likely N-dealkylation sites (tertiary alicyclic amines) is 1. The minimum atomic E-state index is 0.859. The maximum absolute atomic E-state index is 3.72. The average Bonchev–Trinajstić information content (AvgIpc) is 3.03. The molecule has 2 heterocycles. The van der Waals surface area contributed by atoms with E-state index >= 15 is 0 Å². The lowest BCUT2D eigenvalue weighted by Gasteiger charge is -2.42. The van der Waals surface area contributed by atoms with Crippen LogP contribution in [0.15, 0.2) is 0 Å². The fourth-order valence-corrected chi connectivity index (χ4v) is 5.01. The normalized spacial score (nSPS) is 37.4. The van der Waals surface area contributed by atoms with E-state index in [4.69, 9.17) is 0 Å². The van der Waals surface area contributed by atoms with Gasteiger partial charge in [0, 0.05) is 12.1 Å². The van der Waals surface area contributed by atoms with Gasteiger partial charge < -0.3 is 10.2 Å². The van der Waals surface area contributed by atoms with Crippen LogP contribution in [0.2, 0.25) is 0 Å². The molecule has 0 radical (unpaired) electrons. The van der Waals surface area contributed by atoms with E-state index in [1.165, 1.54) is 83.8 Å². The Morgan fingerprint density at radius 1 is 0.950 bits per heavy atom. The molecule has 1 aliphatic carbocycles. The van der Waals surface area contributed by atoms with Crippen LogP contribution in [-0.2, 0) is 0 Å². The van der Waals surface area contributed by atoms with Gasteiger partial charge in [-0.1, -0.05) is 19.8 Å². The summed E-state index contributed by atoms with van der Waals surface area (Å²) in [6.45, 7) is 6.37. The Balaban J connectivity index is 1.40. The Bertz CT molecular complexity index is 269. The first kappa shape index (κ1) is 14.8. The molecule has 1 saturated carbocycles. The van der Waals surface area contributed by atoms with Gasteiger partial charge in [-0.2, -0.15) is 0 Å². The van der Waals surface area contributed by atoms with Crippen LogP contribution in [0.3, 0.4) is 0 Å². The number of hydrogen-bond acceptors (Lipinski definition) is 2. The van der Waals surface area contributed by atoms with E-state index < -0.39 is 0 Å². The molecule has 2 heteroatoms. The van der Waals surface area contributed by atoms with Crippen molar-refractivity contribution in [3.8, 4) is 0 Å². The van der Waals surface area contributed by atoms with Crippen LogP contribution in [0, 0.1) is 11.8 Å². The quantitative estimate of drug-likeness (QED) is 0.841. The summed E-state index contributed by atoms with van der Waals surface area (Å²) in [5.41, 5.74) is 0. The van der Waals surface area contributed by atoms with Gasteiger partial charge in [-0.05, 0) is 82.8 Å². The molecule has 0 aromatic carbocycles. The molecule has 1 unspecified atom stereocenters. The molecule has 2 nitrogen and oxygen atoms in total.